The van der Waals surface area contributed by atoms with E-state index >= 15 is 0 Å². The predicted molar refractivity (Wildman–Crippen MR) is 77.4 cm³/mol. The molecule has 3 aliphatic rings. The molecule has 0 unspecified atom stereocenters. The van der Waals surface area contributed by atoms with Crippen molar-refractivity contribution in [2.45, 2.75) is 38.2 Å². The van der Waals surface area contributed by atoms with E-state index < -0.39 is 0 Å². The molecular weight excluding hydrogens is 250 g/mol. The van der Waals surface area contributed by atoms with Gasteiger partial charge in [-0.3, -0.25) is 5.32 Å². The zero-order chi connectivity index (χ0) is 13.5. The molecule has 3 fully saturated rings. The Bertz CT molecular complexity index is 501. The molecule has 1 N–H and O–H groups in total. The molecule has 1 aromatic carbocycles. The lowest BCUT2D eigenvalue weighted by molar-refractivity contribution is 0.0431. The van der Waals surface area contributed by atoms with Gasteiger partial charge in [-0.2, -0.15) is 0 Å². The van der Waals surface area contributed by atoms with Gasteiger partial charge in [-0.15, -0.1) is 0 Å². The molecule has 3 nitrogen and oxygen atoms in total. The molecule has 0 aliphatic heterocycles. The fourth-order valence-corrected chi connectivity index (χ4v) is 4.95. The van der Waals surface area contributed by atoms with Crippen LogP contribution in [0.4, 0.5) is 10.5 Å². The molecule has 2 bridgehead atoms. The van der Waals surface area contributed by atoms with Crippen molar-refractivity contribution in [1.82, 2.24) is 0 Å². The monoisotopic (exact) mass is 271 g/mol. The third kappa shape index (κ3) is 2.00. The predicted octanol–water partition coefficient (Wildman–Crippen LogP) is 4.06. The number of hydrogen-bond donors (Lipinski definition) is 1. The molecule has 20 heavy (non-hydrogen) atoms. The van der Waals surface area contributed by atoms with Gasteiger partial charge in [0.15, 0.2) is 0 Å². The average molecular weight is 271 g/mol. The SMILES string of the molecule is O=C(Nc1ccccc1)O[C@H]1C[C@H]2C[C@@H]1[C@@H]1CCC[C@@H]21. The molecular formula is C17H21NO2. The highest BCUT2D eigenvalue weighted by Crippen LogP contribution is 2.59. The average Bonchev–Trinajstić information content (AvgIpc) is 3.11. The van der Waals surface area contributed by atoms with Gasteiger partial charge >= 0.3 is 6.09 Å². The molecule has 0 radical (unpaired) electrons. The van der Waals surface area contributed by atoms with Gasteiger partial charge < -0.3 is 4.74 Å². The Morgan fingerprint density at radius 3 is 2.70 bits per heavy atom. The summed E-state index contributed by atoms with van der Waals surface area (Å²) in [7, 11) is 0. The largest absolute Gasteiger partial charge is 0.446 e. The molecule has 1 aromatic rings. The number of rotatable bonds is 2. The van der Waals surface area contributed by atoms with Crippen LogP contribution >= 0.6 is 0 Å². The van der Waals surface area contributed by atoms with Crippen LogP contribution in [0.2, 0.25) is 0 Å². The third-order valence-corrected chi connectivity index (χ3v) is 5.65. The number of hydrogen-bond acceptors (Lipinski definition) is 2. The smallest absolute Gasteiger partial charge is 0.411 e. The van der Waals surface area contributed by atoms with Crippen LogP contribution in [0.3, 0.4) is 0 Å². The molecule has 106 valence electrons. The minimum atomic E-state index is -0.289. The molecule has 3 saturated carbocycles. The van der Waals surface area contributed by atoms with E-state index in [0.717, 1.165) is 29.9 Å². The first-order valence-electron chi connectivity index (χ1n) is 7.84. The van der Waals surface area contributed by atoms with Gasteiger partial charge in [0.05, 0.1) is 0 Å². The number of fused-ring (bicyclic) bond motifs is 5. The summed E-state index contributed by atoms with van der Waals surface area (Å²) in [6.45, 7) is 0. The quantitative estimate of drug-likeness (QED) is 0.881. The second-order valence-corrected chi connectivity index (χ2v) is 6.59. The van der Waals surface area contributed by atoms with Crippen molar-refractivity contribution in [3.05, 3.63) is 30.3 Å². The highest BCUT2D eigenvalue weighted by Gasteiger charge is 2.55. The lowest BCUT2D eigenvalue weighted by Crippen LogP contribution is -2.33. The Labute approximate surface area is 119 Å². The Kier molecular flexibility index (Phi) is 2.94. The summed E-state index contributed by atoms with van der Waals surface area (Å²) in [5.41, 5.74) is 0.805. The molecule has 3 heteroatoms. The zero-order valence-electron chi connectivity index (χ0n) is 11.6. The number of anilines is 1. The van der Waals surface area contributed by atoms with Crippen LogP contribution in [0.15, 0.2) is 30.3 Å². The van der Waals surface area contributed by atoms with Gasteiger partial charge in [0.2, 0.25) is 0 Å². The summed E-state index contributed by atoms with van der Waals surface area (Å²) >= 11 is 0. The molecule has 0 heterocycles. The Balaban J connectivity index is 1.37. The lowest BCUT2D eigenvalue weighted by Gasteiger charge is -2.31. The number of carbonyl (C=O) groups excluding carboxylic acids is 1. The Morgan fingerprint density at radius 2 is 1.85 bits per heavy atom. The fourth-order valence-electron chi connectivity index (χ4n) is 4.95. The van der Waals surface area contributed by atoms with E-state index in [1.54, 1.807) is 0 Å². The number of ether oxygens (including phenoxy) is 1. The van der Waals surface area contributed by atoms with Crippen LogP contribution in [-0.2, 0) is 4.74 Å². The van der Waals surface area contributed by atoms with Gasteiger partial charge in [-0.1, -0.05) is 24.6 Å². The van der Waals surface area contributed by atoms with Crippen LogP contribution in [0.5, 0.6) is 0 Å². The third-order valence-electron chi connectivity index (χ3n) is 5.65. The summed E-state index contributed by atoms with van der Waals surface area (Å²) < 4.78 is 5.71. The topological polar surface area (TPSA) is 38.3 Å². The maximum Gasteiger partial charge on any atom is 0.411 e. The van der Waals surface area contributed by atoms with Crippen molar-refractivity contribution in [1.29, 1.82) is 0 Å². The molecule has 3 aliphatic carbocycles. The second kappa shape index (κ2) is 4.80. The van der Waals surface area contributed by atoms with E-state index in [1.807, 2.05) is 30.3 Å². The van der Waals surface area contributed by atoms with E-state index in [-0.39, 0.29) is 12.2 Å². The molecule has 4 rings (SSSR count). The van der Waals surface area contributed by atoms with Gasteiger partial charge in [-0.25, -0.2) is 4.79 Å². The number of benzene rings is 1. The van der Waals surface area contributed by atoms with Crippen LogP contribution in [0.25, 0.3) is 0 Å². The van der Waals surface area contributed by atoms with Crippen LogP contribution in [0, 0.1) is 23.7 Å². The van der Waals surface area contributed by atoms with E-state index in [0.29, 0.717) is 5.92 Å². The van der Waals surface area contributed by atoms with Crippen molar-refractivity contribution in [2.75, 3.05) is 5.32 Å². The van der Waals surface area contributed by atoms with Crippen molar-refractivity contribution >= 4 is 11.8 Å². The second-order valence-electron chi connectivity index (χ2n) is 6.59. The highest BCUT2D eigenvalue weighted by molar-refractivity contribution is 5.84. The van der Waals surface area contributed by atoms with E-state index in [9.17, 15) is 4.79 Å². The Morgan fingerprint density at radius 1 is 1.05 bits per heavy atom. The summed E-state index contributed by atoms with van der Waals surface area (Å²) in [6.07, 6.45) is 6.39. The number of amides is 1. The van der Waals surface area contributed by atoms with Gasteiger partial charge in [-0.05, 0) is 61.5 Å². The van der Waals surface area contributed by atoms with Crippen LogP contribution in [0.1, 0.15) is 32.1 Å². The summed E-state index contributed by atoms with van der Waals surface area (Å²) in [4.78, 5) is 12.0. The maximum absolute atomic E-state index is 12.0. The summed E-state index contributed by atoms with van der Waals surface area (Å²) in [5, 5.41) is 2.83. The van der Waals surface area contributed by atoms with Crippen LogP contribution in [-0.4, -0.2) is 12.2 Å². The first-order chi connectivity index (χ1) is 9.81. The normalized spacial score (nSPS) is 37.7. The van der Waals surface area contributed by atoms with Crippen molar-refractivity contribution in [3.63, 3.8) is 0 Å². The minimum absolute atomic E-state index is 0.156. The van der Waals surface area contributed by atoms with Gasteiger partial charge in [0, 0.05) is 5.69 Å². The minimum Gasteiger partial charge on any atom is -0.446 e. The first kappa shape index (κ1) is 12.2. The van der Waals surface area contributed by atoms with E-state index in [2.05, 4.69) is 5.32 Å². The molecule has 0 saturated heterocycles. The molecule has 5 atom stereocenters. The van der Waals surface area contributed by atoms with E-state index in [1.165, 1.54) is 25.7 Å². The first-order valence-corrected chi connectivity index (χ1v) is 7.84. The lowest BCUT2D eigenvalue weighted by atomic mass is 9.80. The maximum atomic E-state index is 12.0. The van der Waals surface area contributed by atoms with E-state index in [4.69, 9.17) is 4.74 Å². The van der Waals surface area contributed by atoms with Crippen LogP contribution < -0.4 is 5.32 Å². The van der Waals surface area contributed by atoms with Gasteiger partial charge in [0.1, 0.15) is 6.10 Å². The molecule has 1 amide bonds. The fraction of sp³-hybridized carbons (Fsp3) is 0.588. The number of carbonyl (C=O) groups is 1. The standard InChI is InChI=1S/C17H21NO2/c19-17(18-12-5-2-1-3-6-12)20-16-10-11-9-15(16)14-8-4-7-13(11)14/h1-3,5-6,11,13-16H,4,7-10H2,(H,18,19)/t11-,13+,14-,15-,16+/m1/s1. The molecule has 0 spiro atoms. The van der Waals surface area contributed by atoms with Gasteiger partial charge in [0.25, 0.3) is 0 Å². The summed E-state index contributed by atoms with van der Waals surface area (Å²) in [5.74, 6) is 3.23. The summed E-state index contributed by atoms with van der Waals surface area (Å²) in [6, 6.07) is 9.53. The highest BCUT2D eigenvalue weighted by atomic mass is 16.6. The number of para-hydroxylation sites is 1. The van der Waals surface area contributed by atoms with Crippen molar-refractivity contribution < 1.29 is 9.53 Å². The van der Waals surface area contributed by atoms with Crippen molar-refractivity contribution in [3.8, 4) is 0 Å². The number of nitrogens with one attached hydrogen (secondary N) is 1. The van der Waals surface area contributed by atoms with Crippen molar-refractivity contribution in [2.24, 2.45) is 23.7 Å². The zero-order valence-corrected chi connectivity index (χ0v) is 11.6. The molecule has 0 aromatic heterocycles. The Hall–Kier alpha value is -1.51.